The third-order valence-corrected chi connectivity index (χ3v) is 2.01. The van der Waals surface area contributed by atoms with Gasteiger partial charge in [-0.25, -0.2) is 9.78 Å². The molecule has 2 aromatic heterocycles. The summed E-state index contributed by atoms with van der Waals surface area (Å²) in [5.41, 5.74) is -0.0144. The lowest BCUT2D eigenvalue weighted by Gasteiger charge is -2.07. The fourth-order valence-electron chi connectivity index (χ4n) is 1.29. The fraction of sp³-hybridized carbons (Fsp3) is 0.222. The number of nitrogens with zero attached hydrogens (tertiary/aromatic N) is 2. The molecule has 0 bridgehead atoms. The number of hydrogen-bond donors (Lipinski definition) is 2. The van der Waals surface area contributed by atoms with E-state index < -0.39 is 18.8 Å². The molecular formula is C9H6F3N3O3. The van der Waals surface area contributed by atoms with Crippen LogP contribution in [0.3, 0.4) is 0 Å². The lowest BCUT2D eigenvalue weighted by molar-refractivity contribution is -0.154. The molecule has 2 N–H and O–H groups in total. The predicted octanol–water partition coefficient (Wildman–Crippen LogP) is 1.60. The molecule has 6 nitrogen and oxygen atoms in total. The van der Waals surface area contributed by atoms with Gasteiger partial charge in [-0.15, -0.1) is 0 Å². The van der Waals surface area contributed by atoms with Gasteiger partial charge in [-0.2, -0.15) is 18.3 Å². The van der Waals surface area contributed by atoms with Crippen LogP contribution in [0.2, 0.25) is 0 Å². The minimum absolute atomic E-state index is 0.196. The number of carboxylic acid groups (broad SMARTS) is 1. The van der Waals surface area contributed by atoms with Crippen LogP contribution in [0, 0.1) is 0 Å². The molecule has 96 valence electrons. The van der Waals surface area contributed by atoms with E-state index in [1.807, 2.05) is 0 Å². The van der Waals surface area contributed by atoms with Crippen molar-refractivity contribution in [3.8, 4) is 5.88 Å². The highest BCUT2D eigenvalue weighted by molar-refractivity contribution is 6.00. The molecule has 0 radical (unpaired) electrons. The summed E-state index contributed by atoms with van der Waals surface area (Å²) in [5.74, 6) is -1.52. The van der Waals surface area contributed by atoms with Crippen molar-refractivity contribution in [1.82, 2.24) is 15.2 Å². The Morgan fingerprint density at radius 3 is 2.83 bits per heavy atom. The van der Waals surface area contributed by atoms with E-state index in [0.717, 1.165) is 12.3 Å². The maximum Gasteiger partial charge on any atom is 0.422 e. The van der Waals surface area contributed by atoms with Crippen LogP contribution in [0.4, 0.5) is 13.2 Å². The number of pyridine rings is 1. The van der Waals surface area contributed by atoms with Crippen LogP contribution >= 0.6 is 0 Å². The molecule has 0 aliphatic rings. The molecule has 0 unspecified atom stereocenters. The summed E-state index contributed by atoms with van der Waals surface area (Å²) in [7, 11) is 0. The molecule has 9 heteroatoms. The third kappa shape index (κ3) is 2.50. The second-order valence-electron chi connectivity index (χ2n) is 3.35. The van der Waals surface area contributed by atoms with E-state index in [1.54, 1.807) is 0 Å². The highest BCUT2D eigenvalue weighted by Gasteiger charge is 2.28. The highest BCUT2D eigenvalue weighted by Crippen LogP contribution is 2.21. The van der Waals surface area contributed by atoms with Crippen molar-refractivity contribution in [2.75, 3.05) is 6.61 Å². The molecular weight excluding hydrogens is 255 g/mol. The van der Waals surface area contributed by atoms with Crippen molar-refractivity contribution in [3.63, 3.8) is 0 Å². The summed E-state index contributed by atoms with van der Waals surface area (Å²) in [6.07, 6.45) is -3.37. The van der Waals surface area contributed by atoms with E-state index in [0.29, 0.717) is 0 Å². The van der Waals surface area contributed by atoms with E-state index in [1.165, 1.54) is 0 Å². The average Bonchev–Trinajstić information content (AvgIpc) is 2.68. The number of rotatable bonds is 3. The lowest BCUT2D eigenvalue weighted by atomic mass is 10.2. The summed E-state index contributed by atoms with van der Waals surface area (Å²) in [4.78, 5) is 14.3. The first-order chi connectivity index (χ1) is 8.37. The minimum atomic E-state index is -4.46. The van der Waals surface area contributed by atoms with E-state index in [-0.39, 0.29) is 22.5 Å². The molecule has 2 rings (SSSR count). The van der Waals surface area contributed by atoms with Gasteiger partial charge in [0.2, 0.25) is 5.88 Å². The largest absolute Gasteiger partial charge is 0.476 e. The Morgan fingerprint density at radius 2 is 2.22 bits per heavy atom. The topological polar surface area (TPSA) is 88.1 Å². The number of nitrogens with one attached hydrogen (secondary N) is 1. The molecule has 0 fully saturated rings. The van der Waals surface area contributed by atoms with Crippen molar-refractivity contribution < 1.29 is 27.8 Å². The van der Waals surface area contributed by atoms with Gasteiger partial charge in [0.25, 0.3) is 0 Å². The van der Waals surface area contributed by atoms with Crippen LogP contribution in [-0.4, -0.2) is 39.0 Å². The highest BCUT2D eigenvalue weighted by atomic mass is 19.4. The number of aromatic amines is 1. The van der Waals surface area contributed by atoms with Crippen LogP contribution in [0.25, 0.3) is 10.9 Å². The van der Waals surface area contributed by atoms with Gasteiger partial charge in [-0.1, -0.05) is 0 Å². The lowest BCUT2D eigenvalue weighted by Crippen LogP contribution is -2.19. The molecule has 0 saturated carbocycles. The van der Waals surface area contributed by atoms with Gasteiger partial charge >= 0.3 is 12.1 Å². The predicted molar refractivity (Wildman–Crippen MR) is 52.4 cm³/mol. The van der Waals surface area contributed by atoms with Gasteiger partial charge in [0.1, 0.15) is 0 Å². The Morgan fingerprint density at radius 1 is 1.50 bits per heavy atom. The van der Waals surface area contributed by atoms with Crippen molar-refractivity contribution in [3.05, 3.63) is 18.0 Å². The number of alkyl halides is 3. The number of carboxylic acids is 1. The van der Waals surface area contributed by atoms with Gasteiger partial charge in [0, 0.05) is 12.3 Å². The summed E-state index contributed by atoms with van der Waals surface area (Å²) in [5, 5.41) is 14.8. The number of aromatic carboxylic acids is 1. The standard InChI is InChI=1S/C9H6F3N3O3/c10-9(11,12)3-18-6-1-5-4(2-13-6)7(8(16)17)15-14-5/h1-2H,3H2,(H,14,15)(H,16,17). The molecule has 0 aromatic carbocycles. The maximum absolute atomic E-state index is 11.9. The average molecular weight is 261 g/mol. The number of fused-ring (bicyclic) bond motifs is 1. The van der Waals surface area contributed by atoms with E-state index in [2.05, 4.69) is 19.9 Å². The molecule has 0 amide bonds. The number of carbonyl (C=O) groups is 1. The molecule has 18 heavy (non-hydrogen) atoms. The fourth-order valence-corrected chi connectivity index (χ4v) is 1.29. The number of halogens is 3. The molecule has 2 aromatic rings. The minimum Gasteiger partial charge on any atom is -0.476 e. The summed E-state index contributed by atoms with van der Waals surface area (Å²) >= 11 is 0. The monoisotopic (exact) mass is 261 g/mol. The van der Waals surface area contributed by atoms with Gasteiger partial charge < -0.3 is 9.84 Å². The summed E-state index contributed by atoms with van der Waals surface area (Å²) in [6.45, 7) is -1.47. The molecule has 0 atom stereocenters. The Labute approximate surface area is 97.4 Å². The van der Waals surface area contributed by atoms with Crippen LogP contribution in [0.15, 0.2) is 12.3 Å². The van der Waals surface area contributed by atoms with Crippen molar-refractivity contribution in [1.29, 1.82) is 0 Å². The number of aromatic nitrogens is 3. The van der Waals surface area contributed by atoms with E-state index in [9.17, 15) is 18.0 Å². The first kappa shape index (κ1) is 12.1. The van der Waals surface area contributed by atoms with Crippen molar-refractivity contribution >= 4 is 16.9 Å². The van der Waals surface area contributed by atoms with Gasteiger partial charge in [-0.05, 0) is 0 Å². The first-order valence-electron chi connectivity index (χ1n) is 4.64. The molecule has 0 aliphatic heterocycles. The molecule has 0 aliphatic carbocycles. The van der Waals surface area contributed by atoms with Gasteiger partial charge in [0.05, 0.1) is 10.9 Å². The first-order valence-corrected chi connectivity index (χ1v) is 4.64. The zero-order valence-electron chi connectivity index (χ0n) is 8.65. The Balaban J connectivity index is 2.26. The van der Waals surface area contributed by atoms with Crippen LogP contribution in [0.1, 0.15) is 10.5 Å². The van der Waals surface area contributed by atoms with Crippen molar-refractivity contribution in [2.24, 2.45) is 0 Å². The van der Waals surface area contributed by atoms with Gasteiger partial charge in [-0.3, -0.25) is 5.10 Å². The smallest absolute Gasteiger partial charge is 0.422 e. The second-order valence-corrected chi connectivity index (χ2v) is 3.35. The molecule has 0 saturated heterocycles. The van der Waals surface area contributed by atoms with Gasteiger partial charge in [0.15, 0.2) is 12.3 Å². The van der Waals surface area contributed by atoms with Crippen LogP contribution in [0.5, 0.6) is 5.88 Å². The van der Waals surface area contributed by atoms with E-state index >= 15 is 0 Å². The van der Waals surface area contributed by atoms with Crippen LogP contribution in [-0.2, 0) is 0 Å². The molecule has 0 spiro atoms. The van der Waals surface area contributed by atoms with E-state index in [4.69, 9.17) is 5.11 Å². The SMILES string of the molecule is O=C(O)c1n[nH]c2cc(OCC(F)(F)F)ncc12. The zero-order valence-corrected chi connectivity index (χ0v) is 8.65. The maximum atomic E-state index is 11.9. The quantitative estimate of drug-likeness (QED) is 0.876. The Kier molecular flexibility index (Phi) is 2.81. The normalized spacial score (nSPS) is 11.7. The zero-order chi connectivity index (χ0) is 13.3. The third-order valence-electron chi connectivity index (χ3n) is 2.01. The van der Waals surface area contributed by atoms with Crippen LogP contribution < -0.4 is 4.74 Å². The molecule has 2 heterocycles. The second kappa shape index (κ2) is 4.17. The summed E-state index contributed by atoms with van der Waals surface area (Å²) < 4.78 is 40.2. The number of hydrogen-bond acceptors (Lipinski definition) is 4. The van der Waals surface area contributed by atoms with Crippen molar-refractivity contribution in [2.45, 2.75) is 6.18 Å². The number of ether oxygens (including phenoxy) is 1. The summed E-state index contributed by atoms with van der Waals surface area (Å²) in [6, 6.07) is 1.15. The Bertz CT molecular complexity index is 593. The number of H-pyrrole nitrogens is 1. The Hall–Kier alpha value is -2.32.